The molecule has 0 bridgehead atoms. The highest BCUT2D eigenvalue weighted by Crippen LogP contribution is 2.34. The normalized spacial score (nSPS) is 11.1. The van der Waals surface area contributed by atoms with Crippen molar-refractivity contribution >= 4 is 23.3 Å². The molecule has 0 aliphatic heterocycles. The fourth-order valence-electron chi connectivity index (χ4n) is 3.33. The van der Waals surface area contributed by atoms with Crippen LogP contribution in [0.4, 0.5) is 24.7 Å². The van der Waals surface area contributed by atoms with Gasteiger partial charge in [0.05, 0.1) is 5.56 Å². The second-order valence-electron chi connectivity index (χ2n) is 7.58. The van der Waals surface area contributed by atoms with Crippen LogP contribution in [-0.2, 0) is 28.6 Å². The highest BCUT2D eigenvalue weighted by Gasteiger charge is 2.33. The van der Waals surface area contributed by atoms with Crippen LogP contribution in [0.15, 0.2) is 60.8 Å². The lowest BCUT2D eigenvalue weighted by atomic mass is 10.0. The largest absolute Gasteiger partial charge is 0.457 e. The third kappa shape index (κ3) is 7.06. The minimum absolute atomic E-state index is 0.0856. The summed E-state index contributed by atoms with van der Waals surface area (Å²) in [5.74, 6) is 0.726. The van der Waals surface area contributed by atoms with Crippen LogP contribution in [0.5, 0.6) is 11.5 Å². The Morgan fingerprint density at radius 3 is 2.47 bits per heavy atom. The Morgan fingerprint density at radius 1 is 1.00 bits per heavy atom. The Labute approximate surface area is 195 Å². The lowest BCUT2D eigenvalue weighted by molar-refractivity contribution is -0.138. The van der Waals surface area contributed by atoms with Crippen LogP contribution in [0.3, 0.4) is 0 Å². The maximum atomic E-state index is 13.2. The van der Waals surface area contributed by atoms with E-state index < -0.39 is 17.6 Å². The van der Waals surface area contributed by atoms with Crippen LogP contribution in [0.1, 0.15) is 37.0 Å². The Hall–Kier alpha value is -3.88. The molecule has 2 amide bonds. The molecule has 0 saturated carbocycles. The maximum absolute atomic E-state index is 13.2. The van der Waals surface area contributed by atoms with Crippen molar-refractivity contribution in [1.82, 2.24) is 4.98 Å². The number of benzene rings is 2. The van der Waals surface area contributed by atoms with Crippen LogP contribution >= 0.6 is 0 Å². The number of pyridine rings is 1. The van der Waals surface area contributed by atoms with E-state index in [-0.39, 0.29) is 30.0 Å². The number of alkyl halides is 3. The maximum Gasteiger partial charge on any atom is 0.416 e. The van der Waals surface area contributed by atoms with Gasteiger partial charge in [0.25, 0.3) is 0 Å². The van der Waals surface area contributed by atoms with Gasteiger partial charge >= 0.3 is 6.18 Å². The first-order chi connectivity index (χ1) is 16.1. The van der Waals surface area contributed by atoms with Crippen molar-refractivity contribution in [3.63, 3.8) is 0 Å². The van der Waals surface area contributed by atoms with Gasteiger partial charge in [-0.25, -0.2) is 4.98 Å². The monoisotopic (exact) mass is 471 g/mol. The van der Waals surface area contributed by atoms with Gasteiger partial charge in [-0.1, -0.05) is 25.1 Å². The zero-order chi connectivity index (χ0) is 24.7. The topological polar surface area (TPSA) is 80.3 Å². The van der Waals surface area contributed by atoms with Gasteiger partial charge in [-0.15, -0.1) is 0 Å². The molecule has 1 aromatic heterocycles. The number of nitrogens with one attached hydrogen (secondary N) is 2. The molecule has 0 radical (unpaired) electrons. The summed E-state index contributed by atoms with van der Waals surface area (Å²) in [5, 5.41) is 5.12. The summed E-state index contributed by atoms with van der Waals surface area (Å²) in [6, 6.07) is 14.2. The SMILES string of the molecule is CCc1ccc(NC(=O)CCc2cccc(Oc3ccnc(NC(C)=O)c3)c2)cc1C(F)(F)F. The molecule has 0 spiro atoms. The number of ether oxygens (including phenoxy) is 1. The smallest absolute Gasteiger partial charge is 0.416 e. The molecule has 0 fully saturated rings. The molecule has 9 heteroatoms. The quantitative estimate of drug-likeness (QED) is 0.423. The summed E-state index contributed by atoms with van der Waals surface area (Å²) in [4.78, 5) is 27.6. The van der Waals surface area contributed by atoms with E-state index in [2.05, 4.69) is 15.6 Å². The number of hydrogen-bond donors (Lipinski definition) is 2. The van der Waals surface area contributed by atoms with Gasteiger partial charge < -0.3 is 15.4 Å². The van der Waals surface area contributed by atoms with Gasteiger partial charge in [0.1, 0.15) is 17.3 Å². The molecule has 0 aliphatic rings. The first-order valence-electron chi connectivity index (χ1n) is 10.6. The fraction of sp³-hybridized carbons (Fsp3) is 0.240. The zero-order valence-electron chi connectivity index (χ0n) is 18.7. The molecule has 1 heterocycles. The molecule has 0 atom stereocenters. The summed E-state index contributed by atoms with van der Waals surface area (Å²) < 4.78 is 45.6. The summed E-state index contributed by atoms with van der Waals surface area (Å²) in [5.41, 5.74) is 0.372. The van der Waals surface area contributed by atoms with Crippen LogP contribution in [0.2, 0.25) is 0 Å². The molecular formula is C25H24F3N3O3. The van der Waals surface area contributed by atoms with E-state index in [0.717, 1.165) is 11.6 Å². The molecule has 0 aliphatic carbocycles. The second-order valence-corrected chi connectivity index (χ2v) is 7.58. The Morgan fingerprint density at radius 2 is 1.76 bits per heavy atom. The van der Waals surface area contributed by atoms with Gasteiger partial charge in [0.15, 0.2) is 0 Å². The average Bonchev–Trinajstić information content (AvgIpc) is 2.77. The van der Waals surface area contributed by atoms with E-state index >= 15 is 0 Å². The zero-order valence-corrected chi connectivity index (χ0v) is 18.7. The lowest BCUT2D eigenvalue weighted by Crippen LogP contribution is -2.14. The first-order valence-corrected chi connectivity index (χ1v) is 10.6. The number of aryl methyl sites for hydroxylation is 2. The third-order valence-electron chi connectivity index (χ3n) is 4.89. The van der Waals surface area contributed by atoms with Crippen LogP contribution in [-0.4, -0.2) is 16.8 Å². The van der Waals surface area contributed by atoms with Crippen LogP contribution in [0.25, 0.3) is 0 Å². The molecule has 3 aromatic rings. The number of anilines is 2. The van der Waals surface area contributed by atoms with Crippen molar-refractivity contribution in [2.75, 3.05) is 10.6 Å². The van der Waals surface area contributed by atoms with E-state index in [0.29, 0.717) is 23.7 Å². The van der Waals surface area contributed by atoms with E-state index in [1.165, 1.54) is 25.3 Å². The van der Waals surface area contributed by atoms with E-state index in [4.69, 9.17) is 4.74 Å². The fourth-order valence-corrected chi connectivity index (χ4v) is 3.33. The highest BCUT2D eigenvalue weighted by atomic mass is 19.4. The summed E-state index contributed by atoms with van der Waals surface area (Å²) in [6.07, 6.45) is -2.27. The van der Waals surface area contributed by atoms with Crippen molar-refractivity contribution in [1.29, 1.82) is 0 Å². The first kappa shape index (κ1) is 24.8. The predicted octanol–water partition coefficient (Wildman–Crippen LogP) is 5.98. The number of hydrogen-bond acceptors (Lipinski definition) is 4. The number of halogens is 3. The Balaban J connectivity index is 1.61. The van der Waals surface area contributed by atoms with Crippen molar-refractivity contribution in [3.05, 3.63) is 77.5 Å². The van der Waals surface area contributed by atoms with E-state index in [9.17, 15) is 22.8 Å². The molecule has 3 rings (SSSR count). The van der Waals surface area contributed by atoms with Crippen molar-refractivity contribution < 1.29 is 27.5 Å². The molecular weight excluding hydrogens is 447 g/mol. The van der Waals surface area contributed by atoms with E-state index in [1.54, 1.807) is 37.3 Å². The summed E-state index contributed by atoms with van der Waals surface area (Å²) in [7, 11) is 0. The molecule has 178 valence electrons. The van der Waals surface area contributed by atoms with Gasteiger partial charge in [0.2, 0.25) is 11.8 Å². The lowest BCUT2D eigenvalue weighted by Gasteiger charge is -2.14. The summed E-state index contributed by atoms with van der Waals surface area (Å²) >= 11 is 0. The average molecular weight is 471 g/mol. The number of nitrogens with zero attached hydrogens (tertiary/aromatic N) is 1. The number of aromatic nitrogens is 1. The molecule has 2 aromatic carbocycles. The van der Waals surface area contributed by atoms with Gasteiger partial charge in [0, 0.05) is 31.3 Å². The number of rotatable bonds is 8. The summed E-state index contributed by atoms with van der Waals surface area (Å²) in [6.45, 7) is 3.03. The van der Waals surface area contributed by atoms with Crippen molar-refractivity contribution in [2.45, 2.75) is 39.3 Å². The Bertz CT molecular complexity index is 1180. The Kier molecular flexibility index (Phi) is 7.88. The number of carbonyl (C=O) groups is 2. The molecule has 0 unspecified atom stereocenters. The minimum Gasteiger partial charge on any atom is -0.457 e. The molecule has 34 heavy (non-hydrogen) atoms. The standard InChI is InChI=1S/C25H24F3N3O3/c1-3-18-8-9-19(14-22(18)25(26,27)28)31-24(33)10-7-17-5-4-6-20(13-17)34-21-11-12-29-23(15-21)30-16(2)32/h4-6,8-9,11-15H,3,7,10H2,1-2H3,(H,31,33)(H,29,30,32). The number of carbonyl (C=O) groups excluding carboxylic acids is 2. The van der Waals surface area contributed by atoms with Gasteiger partial charge in [-0.3, -0.25) is 9.59 Å². The highest BCUT2D eigenvalue weighted by molar-refractivity contribution is 5.91. The van der Waals surface area contributed by atoms with Crippen LogP contribution in [0, 0.1) is 0 Å². The molecule has 0 saturated heterocycles. The van der Waals surface area contributed by atoms with Gasteiger partial charge in [-0.2, -0.15) is 13.2 Å². The van der Waals surface area contributed by atoms with Crippen molar-refractivity contribution in [2.24, 2.45) is 0 Å². The molecule has 6 nitrogen and oxygen atoms in total. The second kappa shape index (κ2) is 10.8. The third-order valence-corrected chi connectivity index (χ3v) is 4.89. The van der Waals surface area contributed by atoms with Crippen molar-refractivity contribution in [3.8, 4) is 11.5 Å². The minimum atomic E-state index is -4.48. The van der Waals surface area contributed by atoms with Crippen LogP contribution < -0.4 is 15.4 Å². The van der Waals surface area contributed by atoms with E-state index in [1.807, 2.05) is 6.07 Å². The predicted molar refractivity (Wildman–Crippen MR) is 123 cm³/mol. The van der Waals surface area contributed by atoms with Gasteiger partial charge in [-0.05, 0) is 54.3 Å². The number of amides is 2. The molecule has 2 N–H and O–H groups in total.